The largest absolute Gasteiger partial charge is 0.319 e. The second kappa shape index (κ2) is 5.36. The standard InChI is InChI=1S/C15H21N3/c1-11-6-5-7-13(10-11)15-12(2)14(8-9-16-3)17-18(15)4/h5-7,10,16H,8-9H2,1-4H3. The highest BCUT2D eigenvalue weighted by molar-refractivity contribution is 5.65. The van der Waals surface area contributed by atoms with Crippen molar-refractivity contribution in [3.63, 3.8) is 0 Å². The van der Waals surface area contributed by atoms with Crippen molar-refractivity contribution in [2.45, 2.75) is 20.3 Å². The highest BCUT2D eigenvalue weighted by Crippen LogP contribution is 2.26. The molecule has 1 N–H and O–H groups in total. The van der Waals surface area contributed by atoms with Gasteiger partial charge in [-0.2, -0.15) is 5.10 Å². The Morgan fingerprint density at radius 3 is 2.72 bits per heavy atom. The molecule has 18 heavy (non-hydrogen) atoms. The number of aromatic nitrogens is 2. The van der Waals surface area contributed by atoms with Gasteiger partial charge < -0.3 is 5.32 Å². The monoisotopic (exact) mass is 243 g/mol. The van der Waals surface area contributed by atoms with E-state index in [1.807, 2.05) is 18.8 Å². The Hall–Kier alpha value is -1.61. The summed E-state index contributed by atoms with van der Waals surface area (Å²) in [6, 6.07) is 8.59. The molecule has 0 bridgehead atoms. The van der Waals surface area contributed by atoms with Gasteiger partial charge in [-0.15, -0.1) is 0 Å². The van der Waals surface area contributed by atoms with Crippen molar-refractivity contribution in [2.24, 2.45) is 7.05 Å². The minimum atomic E-state index is 0.963. The number of rotatable bonds is 4. The van der Waals surface area contributed by atoms with E-state index in [2.05, 4.69) is 48.5 Å². The lowest BCUT2D eigenvalue weighted by Crippen LogP contribution is -2.11. The van der Waals surface area contributed by atoms with Gasteiger partial charge in [0.15, 0.2) is 0 Å². The van der Waals surface area contributed by atoms with Gasteiger partial charge in [0, 0.05) is 25.6 Å². The van der Waals surface area contributed by atoms with Crippen LogP contribution in [0.3, 0.4) is 0 Å². The quantitative estimate of drug-likeness (QED) is 0.894. The number of hydrogen-bond donors (Lipinski definition) is 1. The van der Waals surface area contributed by atoms with Gasteiger partial charge in [-0.05, 0) is 32.5 Å². The lowest BCUT2D eigenvalue weighted by atomic mass is 10.0. The summed E-state index contributed by atoms with van der Waals surface area (Å²) in [5, 5.41) is 7.80. The molecule has 1 heterocycles. The summed E-state index contributed by atoms with van der Waals surface area (Å²) in [4.78, 5) is 0. The molecule has 1 aromatic carbocycles. The van der Waals surface area contributed by atoms with Crippen LogP contribution in [-0.2, 0) is 13.5 Å². The average Bonchev–Trinajstić information content (AvgIpc) is 2.62. The maximum Gasteiger partial charge on any atom is 0.0711 e. The van der Waals surface area contributed by atoms with Crippen LogP contribution >= 0.6 is 0 Å². The number of nitrogens with zero attached hydrogens (tertiary/aromatic N) is 2. The highest BCUT2D eigenvalue weighted by Gasteiger charge is 2.13. The van der Waals surface area contributed by atoms with Crippen molar-refractivity contribution in [3.8, 4) is 11.3 Å². The fourth-order valence-corrected chi connectivity index (χ4v) is 2.36. The number of hydrogen-bond acceptors (Lipinski definition) is 2. The Morgan fingerprint density at radius 1 is 1.28 bits per heavy atom. The van der Waals surface area contributed by atoms with Crippen LogP contribution in [0.1, 0.15) is 16.8 Å². The smallest absolute Gasteiger partial charge is 0.0711 e. The fraction of sp³-hybridized carbons (Fsp3) is 0.400. The van der Waals surface area contributed by atoms with Gasteiger partial charge >= 0.3 is 0 Å². The first-order chi connectivity index (χ1) is 8.63. The SMILES string of the molecule is CNCCc1nn(C)c(-c2cccc(C)c2)c1C. The van der Waals surface area contributed by atoms with Gasteiger partial charge in [-0.25, -0.2) is 0 Å². The molecule has 1 aromatic heterocycles. The summed E-state index contributed by atoms with van der Waals surface area (Å²) < 4.78 is 2.00. The highest BCUT2D eigenvalue weighted by atomic mass is 15.3. The van der Waals surface area contributed by atoms with E-state index in [1.54, 1.807) is 0 Å². The molecule has 0 aliphatic carbocycles. The van der Waals surface area contributed by atoms with Crippen LogP contribution in [0.15, 0.2) is 24.3 Å². The van der Waals surface area contributed by atoms with Gasteiger partial charge in [0.05, 0.1) is 11.4 Å². The molecule has 3 heteroatoms. The minimum Gasteiger partial charge on any atom is -0.319 e. The van der Waals surface area contributed by atoms with Crippen LogP contribution < -0.4 is 5.32 Å². The molecular weight excluding hydrogens is 222 g/mol. The Bertz CT molecular complexity index is 541. The van der Waals surface area contributed by atoms with Crippen LogP contribution in [0.5, 0.6) is 0 Å². The second-order valence-electron chi connectivity index (χ2n) is 4.77. The molecule has 0 radical (unpaired) electrons. The van der Waals surface area contributed by atoms with Crippen LogP contribution in [0.4, 0.5) is 0 Å². The zero-order chi connectivity index (χ0) is 13.1. The predicted octanol–water partition coefficient (Wildman–Crippen LogP) is 2.47. The third kappa shape index (κ3) is 2.46. The normalized spacial score (nSPS) is 10.9. The molecule has 3 nitrogen and oxygen atoms in total. The van der Waals surface area contributed by atoms with Crippen LogP contribution in [-0.4, -0.2) is 23.4 Å². The van der Waals surface area contributed by atoms with E-state index >= 15 is 0 Å². The first kappa shape index (κ1) is 12.8. The first-order valence-corrected chi connectivity index (χ1v) is 6.37. The lowest BCUT2D eigenvalue weighted by Gasteiger charge is -2.05. The molecule has 2 aromatic rings. The Balaban J connectivity index is 2.42. The van der Waals surface area contributed by atoms with E-state index in [1.165, 1.54) is 28.1 Å². The summed E-state index contributed by atoms with van der Waals surface area (Å²) in [6.07, 6.45) is 0.974. The van der Waals surface area contributed by atoms with Crippen molar-refractivity contribution >= 4 is 0 Å². The van der Waals surface area contributed by atoms with Crippen molar-refractivity contribution in [1.82, 2.24) is 15.1 Å². The number of likely N-dealkylation sites (N-methyl/N-ethyl adjacent to an activating group) is 1. The van der Waals surface area contributed by atoms with Gasteiger partial charge in [-0.3, -0.25) is 4.68 Å². The molecule has 0 spiro atoms. The number of nitrogens with one attached hydrogen (secondary N) is 1. The molecule has 0 aliphatic heterocycles. The first-order valence-electron chi connectivity index (χ1n) is 6.37. The third-order valence-corrected chi connectivity index (χ3v) is 3.29. The molecule has 0 fully saturated rings. The molecule has 0 atom stereocenters. The lowest BCUT2D eigenvalue weighted by molar-refractivity contribution is 0.720. The van der Waals surface area contributed by atoms with E-state index in [0.29, 0.717) is 0 Å². The fourth-order valence-electron chi connectivity index (χ4n) is 2.36. The summed E-state index contributed by atoms with van der Waals surface area (Å²) in [7, 11) is 3.99. The van der Waals surface area contributed by atoms with Crippen LogP contribution in [0, 0.1) is 13.8 Å². The molecule has 0 amide bonds. The number of benzene rings is 1. The average molecular weight is 243 g/mol. The third-order valence-electron chi connectivity index (χ3n) is 3.29. The van der Waals surface area contributed by atoms with Crippen molar-refractivity contribution in [3.05, 3.63) is 41.1 Å². The Morgan fingerprint density at radius 2 is 2.06 bits per heavy atom. The van der Waals surface area contributed by atoms with Gasteiger partial charge in [-0.1, -0.05) is 23.8 Å². The summed E-state index contributed by atoms with van der Waals surface area (Å²) >= 11 is 0. The minimum absolute atomic E-state index is 0.963. The molecular formula is C15H21N3. The molecule has 0 saturated heterocycles. The molecule has 0 saturated carbocycles. The van der Waals surface area contributed by atoms with Crippen LogP contribution in [0.2, 0.25) is 0 Å². The van der Waals surface area contributed by atoms with Crippen molar-refractivity contribution < 1.29 is 0 Å². The van der Waals surface area contributed by atoms with E-state index in [4.69, 9.17) is 0 Å². The zero-order valence-corrected chi connectivity index (χ0v) is 11.6. The Labute approximate surface area is 109 Å². The Kier molecular flexibility index (Phi) is 3.82. The van der Waals surface area contributed by atoms with Crippen molar-refractivity contribution in [1.29, 1.82) is 0 Å². The molecule has 96 valence electrons. The molecule has 2 rings (SSSR count). The number of aryl methyl sites for hydroxylation is 2. The molecule has 0 unspecified atom stereocenters. The van der Waals surface area contributed by atoms with E-state index < -0.39 is 0 Å². The zero-order valence-electron chi connectivity index (χ0n) is 11.6. The summed E-state index contributed by atoms with van der Waals surface area (Å²) in [5.41, 5.74) is 6.23. The van der Waals surface area contributed by atoms with Crippen molar-refractivity contribution in [2.75, 3.05) is 13.6 Å². The van der Waals surface area contributed by atoms with Crippen LogP contribution in [0.25, 0.3) is 11.3 Å². The maximum atomic E-state index is 4.63. The maximum absolute atomic E-state index is 4.63. The topological polar surface area (TPSA) is 29.9 Å². The second-order valence-corrected chi connectivity index (χ2v) is 4.77. The van der Waals surface area contributed by atoms with E-state index in [9.17, 15) is 0 Å². The van der Waals surface area contributed by atoms with Gasteiger partial charge in [0.2, 0.25) is 0 Å². The summed E-state index contributed by atoms with van der Waals surface area (Å²) in [6.45, 7) is 5.25. The van der Waals surface area contributed by atoms with Gasteiger partial charge in [0.25, 0.3) is 0 Å². The van der Waals surface area contributed by atoms with E-state index in [-0.39, 0.29) is 0 Å². The molecule has 0 aliphatic rings. The summed E-state index contributed by atoms with van der Waals surface area (Å²) in [5.74, 6) is 0. The van der Waals surface area contributed by atoms with E-state index in [0.717, 1.165) is 13.0 Å². The van der Waals surface area contributed by atoms with Gasteiger partial charge in [0.1, 0.15) is 0 Å². The predicted molar refractivity (Wildman–Crippen MR) is 75.7 cm³/mol.